The minimum absolute atomic E-state index is 0.104. The molecule has 1 fully saturated rings. The van der Waals surface area contributed by atoms with E-state index in [1.54, 1.807) is 4.90 Å². The standard InChI is InChI=1S/C11H20N2O/c1-3-4-5-9-13(2)10(14)11(12)7-6-8-11/h3H,1,4-9,12H2,2H3. The van der Waals surface area contributed by atoms with Crippen LogP contribution in [0.25, 0.3) is 0 Å². The summed E-state index contributed by atoms with van der Waals surface area (Å²) in [5.74, 6) is 0.104. The number of carbonyl (C=O) groups is 1. The maximum Gasteiger partial charge on any atom is 0.242 e. The summed E-state index contributed by atoms with van der Waals surface area (Å²) < 4.78 is 0. The molecule has 3 heteroatoms. The molecule has 0 saturated heterocycles. The Labute approximate surface area is 86.0 Å². The highest BCUT2D eigenvalue weighted by atomic mass is 16.2. The van der Waals surface area contributed by atoms with Crippen molar-refractivity contribution < 1.29 is 4.79 Å². The van der Waals surface area contributed by atoms with Gasteiger partial charge in [0, 0.05) is 13.6 Å². The number of nitrogens with zero attached hydrogens (tertiary/aromatic N) is 1. The van der Waals surface area contributed by atoms with Crippen LogP contribution >= 0.6 is 0 Å². The third kappa shape index (κ3) is 2.35. The highest BCUT2D eigenvalue weighted by Gasteiger charge is 2.41. The van der Waals surface area contributed by atoms with Crippen molar-refractivity contribution in [3.05, 3.63) is 12.7 Å². The molecule has 0 aromatic rings. The molecule has 0 radical (unpaired) electrons. The van der Waals surface area contributed by atoms with E-state index in [4.69, 9.17) is 5.73 Å². The summed E-state index contributed by atoms with van der Waals surface area (Å²) in [6.45, 7) is 4.43. The first kappa shape index (κ1) is 11.2. The summed E-state index contributed by atoms with van der Waals surface area (Å²) in [6.07, 6.45) is 6.58. The summed E-state index contributed by atoms with van der Waals surface area (Å²) in [5.41, 5.74) is 5.40. The monoisotopic (exact) mass is 196 g/mol. The number of nitrogens with two attached hydrogens (primary N) is 1. The highest BCUT2D eigenvalue weighted by Crippen LogP contribution is 2.30. The van der Waals surface area contributed by atoms with Crippen molar-refractivity contribution in [3.63, 3.8) is 0 Å². The largest absolute Gasteiger partial charge is 0.344 e. The van der Waals surface area contributed by atoms with Crippen molar-refractivity contribution in [2.45, 2.75) is 37.6 Å². The first-order chi connectivity index (χ1) is 6.60. The molecule has 0 bridgehead atoms. The van der Waals surface area contributed by atoms with Gasteiger partial charge in [-0.2, -0.15) is 0 Å². The third-order valence-corrected chi connectivity index (χ3v) is 2.92. The van der Waals surface area contributed by atoms with Crippen LogP contribution in [-0.4, -0.2) is 29.9 Å². The third-order valence-electron chi connectivity index (χ3n) is 2.92. The maximum atomic E-state index is 11.8. The fourth-order valence-electron chi connectivity index (χ4n) is 1.73. The van der Waals surface area contributed by atoms with E-state index in [1.807, 2.05) is 13.1 Å². The van der Waals surface area contributed by atoms with Gasteiger partial charge in [0.05, 0.1) is 5.54 Å². The summed E-state index contributed by atoms with van der Waals surface area (Å²) in [5, 5.41) is 0. The van der Waals surface area contributed by atoms with Gasteiger partial charge in [-0.15, -0.1) is 6.58 Å². The molecule has 1 saturated carbocycles. The predicted molar refractivity (Wildman–Crippen MR) is 57.8 cm³/mol. The number of carbonyl (C=O) groups excluding carboxylic acids is 1. The minimum atomic E-state index is -0.539. The molecular formula is C11H20N2O. The zero-order valence-electron chi connectivity index (χ0n) is 8.96. The number of unbranched alkanes of at least 4 members (excludes halogenated alkanes) is 1. The quantitative estimate of drug-likeness (QED) is 0.532. The Balaban J connectivity index is 2.32. The lowest BCUT2D eigenvalue weighted by molar-refractivity contribution is -0.138. The Morgan fingerprint density at radius 1 is 1.64 bits per heavy atom. The molecule has 0 atom stereocenters. The van der Waals surface area contributed by atoms with Gasteiger partial charge in [-0.3, -0.25) is 4.79 Å². The SMILES string of the molecule is C=CCCCN(C)C(=O)C1(N)CCC1. The molecule has 1 amide bonds. The second-order valence-corrected chi connectivity index (χ2v) is 4.17. The summed E-state index contributed by atoms with van der Waals surface area (Å²) in [4.78, 5) is 13.6. The summed E-state index contributed by atoms with van der Waals surface area (Å²) >= 11 is 0. The molecule has 14 heavy (non-hydrogen) atoms. The topological polar surface area (TPSA) is 46.3 Å². The van der Waals surface area contributed by atoms with E-state index in [2.05, 4.69) is 6.58 Å². The number of rotatable bonds is 5. The van der Waals surface area contributed by atoms with Gasteiger partial charge in [0.2, 0.25) is 5.91 Å². The minimum Gasteiger partial charge on any atom is -0.344 e. The van der Waals surface area contributed by atoms with Crippen LogP contribution in [-0.2, 0) is 4.79 Å². The predicted octanol–water partition coefficient (Wildman–Crippen LogP) is 1.29. The molecule has 0 aliphatic heterocycles. The van der Waals surface area contributed by atoms with Crippen molar-refractivity contribution in [3.8, 4) is 0 Å². The van der Waals surface area contributed by atoms with Crippen LogP contribution < -0.4 is 5.73 Å². The van der Waals surface area contributed by atoms with Gasteiger partial charge in [-0.25, -0.2) is 0 Å². The molecule has 0 aromatic heterocycles. The van der Waals surface area contributed by atoms with Crippen molar-refractivity contribution >= 4 is 5.91 Å². The molecule has 0 aromatic carbocycles. The van der Waals surface area contributed by atoms with Crippen molar-refractivity contribution in [1.82, 2.24) is 4.90 Å². The fraction of sp³-hybridized carbons (Fsp3) is 0.727. The second-order valence-electron chi connectivity index (χ2n) is 4.17. The number of allylic oxidation sites excluding steroid dienone is 1. The Morgan fingerprint density at radius 2 is 2.29 bits per heavy atom. The lowest BCUT2D eigenvalue weighted by atomic mass is 9.76. The summed E-state index contributed by atoms with van der Waals surface area (Å²) in [7, 11) is 1.83. The molecule has 0 unspecified atom stereocenters. The van der Waals surface area contributed by atoms with Gasteiger partial charge in [-0.1, -0.05) is 6.08 Å². The number of hydrogen-bond acceptors (Lipinski definition) is 2. The molecule has 0 heterocycles. The Bertz CT molecular complexity index is 221. The molecule has 80 valence electrons. The average molecular weight is 196 g/mol. The van der Waals surface area contributed by atoms with Crippen molar-refractivity contribution in [2.24, 2.45) is 5.73 Å². The van der Waals surface area contributed by atoms with Crippen LogP contribution in [0.3, 0.4) is 0 Å². The number of hydrogen-bond donors (Lipinski definition) is 1. The van der Waals surface area contributed by atoms with Gasteiger partial charge in [0.1, 0.15) is 0 Å². The van der Waals surface area contributed by atoms with Crippen LogP contribution in [0.15, 0.2) is 12.7 Å². The van der Waals surface area contributed by atoms with Gasteiger partial charge in [0.15, 0.2) is 0 Å². The molecule has 3 nitrogen and oxygen atoms in total. The summed E-state index contributed by atoms with van der Waals surface area (Å²) in [6, 6.07) is 0. The van der Waals surface area contributed by atoms with Crippen LogP contribution in [0.2, 0.25) is 0 Å². The van der Waals surface area contributed by atoms with Gasteiger partial charge < -0.3 is 10.6 Å². The van der Waals surface area contributed by atoms with Gasteiger partial charge in [-0.05, 0) is 32.1 Å². The van der Waals surface area contributed by atoms with Crippen LogP contribution in [0.5, 0.6) is 0 Å². The maximum absolute atomic E-state index is 11.8. The first-order valence-corrected chi connectivity index (χ1v) is 5.25. The molecule has 2 N–H and O–H groups in total. The zero-order valence-corrected chi connectivity index (χ0v) is 8.96. The van der Waals surface area contributed by atoms with E-state index in [-0.39, 0.29) is 5.91 Å². The smallest absolute Gasteiger partial charge is 0.242 e. The van der Waals surface area contributed by atoms with Gasteiger partial charge in [0.25, 0.3) is 0 Å². The molecular weight excluding hydrogens is 176 g/mol. The number of likely N-dealkylation sites (N-methyl/N-ethyl adjacent to an activating group) is 1. The van der Waals surface area contributed by atoms with Crippen LogP contribution in [0.4, 0.5) is 0 Å². The first-order valence-electron chi connectivity index (χ1n) is 5.25. The van der Waals surface area contributed by atoms with Crippen LogP contribution in [0.1, 0.15) is 32.1 Å². The second kappa shape index (κ2) is 4.60. The normalized spacial score (nSPS) is 18.4. The van der Waals surface area contributed by atoms with Crippen molar-refractivity contribution in [2.75, 3.05) is 13.6 Å². The zero-order chi connectivity index (χ0) is 10.6. The van der Waals surface area contributed by atoms with E-state index < -0.39 is 5.54 Å². The van der Waals surface area contributed by atoms with Crippen LogP contribution in [0, 0.1) is 0 Å². The fourth-order valence-corrected chi connectivity index (χ4v) is 1.73. The molecule has 1 aliphatic rings. The van der Waals surface area contributed by atoms with E-state index >= 15 is 0 Å². The van der Waals surface area contributed by atoms with Crippen molar-refractivity contribution in [1.29, 1.82) is 0 Å². The lowest BCUT2D eigenvalue weighted by Crippen LogP contribution is -2.58. The van der Waals surface area contributed by atoms with E-state index in [0.717, 1.165) is 38.6 Å². The highest BCUT2D eigenvalue weighted by molar-refractivity contribution is 5.86. The lowest BCUT2D eigenvalue weighted by Gasteiger charge is -2.39. The average Bonchev–Trinajstić information content (AvgIpc) is 2.13. The Kier molecular flexibility index (Phi) is 3.69. The molecule has 0 spiro atoms. The number of amides is 1. The van der Waals surface area contributed by atoms with E-state index in [1.165, 1.54) is 0 Å². The van der Waals surface area contributed by atoms with E-state index in [9.17, 15) is 4.79 Å². The molecule has 1 aliphatic carbocycles. The van der Waals surface area contributed by atoms with Gasteiger partial charge >= 0.3 is 0 Å². The Hall–Kier alpha value is -0.830. The Morgan fingerprint density at radius 3 is 2.71 bits per heavy atom. The van der Waals surface area contributed by atoms with E-state index in [0.29, 0.717) is 0 Å². The molecule has 1 rings (SSSR count).